The average molecular weight is 509 g/mol. The fourth-order valence-electron chi connectivity index (χ4n) is 4.26. The smallest absolute Gasteiger partial charge is 0.413 e. The molecule has 11 heteroatoms. The van der Waals surface area contributed by atoms with Gasteiger partial charge >= 0.3 is 17.9 Å². The molecule has 3 rings (SSSR count). The normalized spacial score (nSPS) is 20.7. The quantitative estimate of drug-likeness (QED) is 0.199. The Morgan fingerprint density at radius 1 is 1.36 bits per heavy atom. The highest BCUT2D eigenvalue weighted by Crippen LogP contribution is 2.45. The summed E-state index contributed by atoms with van der Waals surface area (Å²) in [5.41, 5.74) is 4.55. The van der Waals surface area contributed by atoms with Crippen molar-refractivity contribution in [3.8, 4) is 0 Å². The summed E-state index contributed by atoms with van der Waals surface area (Å²) < 4.78 is 55.5. The first-order chi connectivity index (χ1) is 17.0. The molecule has 0 fully saturated rings. The second-order valence-electron chi connectivity index (χ2n) is 8.85. The average Bonchev–Trinajstić information content (AvgIpc) is 3.37. The standard InChI is InChI=1S/C25H29F3N3O5/c1-3-7-17-19(10-9-16-18(25(26,27)28)14-21(33)36-22(16)17)35-13-5-4-12-31(15-32)23(34)24(2,29)20-8-6-11-30-20/h6,8,10-11,14-16H,3-5,7,9,12-13,29H2,1-2H3/q+1. The van der Waals surface area contributed by atoms with Gasteiger partial charge in [-0.1, -0.05) is 18.0 Å². The van der Waals surface area contributed by atoms with Gasteiger partial charge in [0.2, 0.25) is 6.41 Å². The molecule has 2 N–H and O–H groups in total. The number of esters is 1. The topological polar surface area (TPSA) is 113 Å². The second-order valence-corrected chi connectivity index (χ2v) is 8.85. The van der Waals surface area contributed by atoms with Crippen LogP contribution in [0.3, 0.4) is 0 Å². The largest absolute Gasteiger partial charge is 0.494 e. The Morgan fingerprint density at radius 3 is 2.72 bits per heavy atom. The molecule has 0 aromatic rings. The van der Waals surface area contributed by atoms with Gasteiger partial charge in [0.15, 0.2) is 5.54 Å². The van der Waals surface area contributed by atoms with Crippen LogP contribution in [0.5, 0.6) is 0 Å². The third-order valence-corrected chi connectivity index (χ3v) is 6.11. The molecule has 0 saturated heterocycles. The van der Waals surface area contributed by atoms with Crippen LogP contribution in [0.1, 0.15) is 46.0 Å². The number of alkyl halides is 3. The molecule has 2 amide bonds. The zero-order valence-corrected chi connectivity index (χ0v) is 20.1. The highest BCUT2D eigenvalue weighted by atomic mass is 19.4. The lowest BCUT2D eigenvalue weighted by Gasteiger charge is -2.32. The van der Waals surface area contributed by atoms with Crippen LogP contribution >= 0.6 is 0 Å². The Labute approximate surface area is 206 Å². The Kier molecular flexibility index (Phi) is 8.37. The number of allylic oxidation sites excluding steroid dienone is 4. The Hall–Kier alpha value is -3.43. The summed E-state index contributed by atoms with van der Waals surface area (Å²) in [5, 5.41) is 0. The number of nitrogens with zero attached hydrogens (tertiary/aromatic N) is 2. The van der Waals surface area contributed by atoms with Gasteiger partial charge < -0.3 is 15.2 Å². The number of carbonyl (C=O) groups excluding carboxylic acids is 3. The number of carbonyl (C=O) groups is 3. The van der Waals surface area contributed by atoms with E-state index in [0.717, 1.165) is 4.90 Å². The van der Waals surface area contributed by atoms with E-state index in [1.807, 2.05) is 6.92 Å². The molecule has 0 bridgehead atoms. The third-order valence-electron chi connectivity index (χ3n) is 6.11. The molecule has 3 aliphatic rings. The number of unbranched alkanes of at least 4 members (excludes halogenated alkanes) is 1. The number of ether oxygens (including phenoxy) is 2. The number of hydrogen-bond acceptors (Lipinski definition) is 6. The minimum absolute atomic E-state index is 0.00439. The number of rotatable bonds is 11. The van der Waals surface area contributed by atoms with E-state index in [4.69, 9.17) is 15.2 Å². The fraction of sp³-hybridized carbons (Fsp3) is 0.480. The predicted molar refractivity (Wildman–Crippen MR) is 126 cm³/mol. The number of fused-ring (bicyclic) bond motifs is 1. The van der Waals surface area contributed by atoms with Crippen molar-refractivity contribution in [1.82, 2.24) is 9.57 Å². The summed E-state index contributed by atoms with van der Waals surface area (Å²) in [6.07, 6.45) is 4.51. The van der Waals surface area contributed by atoms with Crippen LogP contribution in [0.25, 0.3) is 0 Å². The van der Waals surface area contributed by atoms with E-state index in [2.05, 4.69) is 4.67 Å². The molecule has 2 aliphatic heterocycles. The first kappa shape index (κ1) is 27.2. The summed E-state index contributed by atoms with van der Waals surface area (Å²) in [6, 6.07) is 0. The molecule has 194 valence electrons. The molecule has 36 heavy (non-hydrogen) atoms. The molecule has 2 unspecified atom stereocenters. The number of imide groups is 1. The summed E-state index contributed by atoms with van der Waals surface area (Å²) in [4.78, 5) is 37.1. The fourth-order valence-corrected chi connectivity index (χ4v) is 4.26. The first-order valence-corrected chi connectivity index (χ1v) is 11.7. The van der Waals surface area contributed by atoms with Crippen LogP contribution in [0.2, 0.25) is 0 Å². The van der Waals surface area contributed by atoms with Gasteiger partial charge in [-0.25, -0.2) is 4.79 Å². The van der Waals surface area contributed by atoms with Crippen molar-refractivity contribution in [2.75, 3.05) is 13.2 Å². The van der Waals surface area contributed by atoms with E-state index in [0.29, 0.717) is 55.2 Å². The number of nitrogens with two attached hydrogens (primary N) is 1. The Bertz CT molecular complexity index is 1110. The highest BCUT2D eigenvalue weighted by molar-refractivity contribution is 6.21. The van der Waals surface area contributed by atoms with Crippen molar-refractivity contribution in [3.63, 3.8) is 0 Å². The molecule has 0 radical (unpaired) electrons. The van der Waals surface area contributed by atoms with Gasteiger partial charge in [0, 0.05) is 30.3 Å². The maximum Gasteiger partial charge on any atom is 0.413 e. The molecule has 0 aromatic carbocycles. The molecule has 0 spiro atoms. The van der Waals surface area contributed by atoms with Crippen molar-refractivity contribution in [2.45, 2.75) is 57.7 Å². The van der Waals surface area contributed by atoms with E-state index in [1.54, 1.807) is 18.2 Å². The Balaban J connectivity index is 1.59. The molecule has 0 aromatic heterocycles. The maximum atomic E-state index is 13.5. The van der Waals surface area contributed by atoms with E-state index in [-0.39, 0.29) is 25.3 Å². The van der Waals surface area contributed by atoms with Crippen LogP contribution < -0.4 is 10.4 Å². The zero-order valence-electron chi connectivity index (χ0n) is 20.1. The van der Waals surface area contributed by atoms with Gasteiger partial charge in [-0.05, 0) is 38.7 Å². The van der Waals surface area contributed by atoms with Crippen molar-refractivity contribution >= 4 is 30.2 Å². The van der Waals surface area contributed by atoms with Crippen LogP contribution in [0, 0.1) is 5.92 Å². The zero-order chi connectivity index (χ0) is 26.5. The van der Waals surface area contributed by atoms with Crippen LogP contribution in [-0.4, -0.2) is 60.0 Å². The lowest BCUT2D eigenvalue weighted by atomic mass is 9.83. The van der Waals surface area contributed by atoms with Crippen LogP contribution in [-0.2, 0) is 23.9 Å². The SMILES string of the molecule is CCCC1=C2OC(=O)C=C(C(F)(F)F)C2CC=C1OCCCCN(C=O)C(=O)C(C)(N)C1=[N+]=CC=C1. The lowest BCUT2D eigenvalue weighted by Crippen LogP contribution is -2.58. The van der Waals surface area contributed by atoms with Crippen molar-refractivity contribution in [3.05, 3.63) is 47.0 Å². The first-order valence-electron chi connectivity index (χ1n) is 11.7. The second kappa shape index (κ2) is 11.1. The van der Waals surface area contributed by atoms with Gasteiger partial charge in [0.05, 0.1) is 18.1 Å². The predicted octanol–water partition coefficient (Wildman–Crippen LogP) is 2.64. The molecular weight excluding hydrogens is 479 g/mol. The van der Waals surface area contributed by atoms with Gasteiger partial charge in [0.25, 0.3) is 12.1 Å². The van der Waals surface area contributed by atoms with Crippen LogP contribution in [0.15, 0.2) is 47.0 Å². The van der Waals surface area contributed by atoms with Crippen LogP contribution in [0.4, 0.5) is 13.2 Å². The highest BCUT2D eigenvalue weighted by Gasteiger charge is 2.46. The molecule has 0 saturated carbocycles. The minimum atomic E-state index is -4.64. The third kappa shape index (κ3) is 5.85. The number of halogens is 3. The molecule has 1 aliphatic carbocycles. The van der Waals surface area contributed by atoms with Gasteiger partial charge in [-0.15, -0.1) is 0 Å². The molecule has 2 heterocycles. The summed E-state index contributed by atoms with van der Waals surface area (Å²) in [7, 11) is 0. The summed E-state index contributed by atoms with van der Waals surface area (Å²) in [5.74, 6) is -2.33. The van der Waals surface area contributed by atoms with E-state index in [1.165, 1.54) is 13.1 Å². The van der Waals surface area contributed by atoms with Gasteiger partial charge in [-0.2, -0.15) is 13.2 Å². The molecular formula is C25H29F3N3O5+. The lowest BCUT2D eigenvalue weighted by molar-refractivity contribution is -0.141. The molecule has 2 atom stereocenters. The van der Waals surface area contributed by atoms with Crippen molar-refractivity contribution in [1.29, 1.82) is 0 Å². The Morgan fingerprint density at radius 2 is 2.11 bits per heavy atom. The maximum absolute atomic E-state index is 13.5. The van der Waals surface area contributed by atoms with Crippen molar-refractivity contribution in [2.24, 2.45) is 11.7 Å². The minimum Gasteiger partial charge on any atom is -0.494 e. The number of amides is 2. The van der Waals surface area contributed by atoms with E-state index in [9.17, 15) is 27.6 Å². The summed E-state index contributed by atoms with van der Waals surface area (Å²) in [6.45, 7) is 3.65. The van der Waals surface area contributed by atoms with Gasteiger partial charge in [0.1, 0.15) is 11.5 Å². The summed E-state index contributed by atoms with van der Waals surface area (Å²) >= 11 is 0. The van der Waals surface area contributed by atoms with Gasteiger partial charge in [-0.3, -0.25) is 14.5 Å². The monoisotopic (exact) mass is 508 g/mol. The van der Waals surface area contributed by atoms with Crippen molar-refractivity contribution < 1.29 is 37.0 Å². The number of hydrogen-bond donors (Lipinski definition) is 1. The van der Waals surface area contributed by atoms with E-state index < -0.39 is 35.1 Å². The van der Waals surface area contributed by atoms with E-state index >= 15 is 0 Å². The molecule has 8 nitrogen and oxygen atoms in total.